The molecule has 0 aromatic heterocycles. The van der Waals surface area contributed by atoms with Gasteiger partial charge in [-0.05, 0) is 51.0 Å². The van der Waals surface area contributed by atoms with Gasteiger partial charge in [-0.2, -0.15) is 0 Å². The first-order valence-corrected chi connectivity index (χ1v) is 7.15. The SMILES string of the molecule is CC(CC1CCCN1)NCC1(C)CCCC1. The maximum absolute atomic E-state index is 3.75. The molecule has 2 rings (SSSR count). The lowest BCUT2D eigenvalue weighted by molar-refractivity contribution is 0.291. The normalized spacial score (nSPS) is 30.8. The minimum atomic E-state index is 0.595. The fourth-order valence-electron chi connectivity index (χ4n) is 3.29. The fourth-order valence-corrected chi connectivity index (χ4v) is 3.29. The van der Waals surface area contributed by atoms with Crippen molar-refractivity contribution in [3.8, 4) is 0 Å². The molecule has 1 heterocycles. The van der Waals surface area contributed by atoms with Crippen molar-refractivity contribution < 1.29 is 0 Å². The first kappa shape index (κ1) is 12.4. The first-order valence-electron chi connectivity index (χ1n) is 7.15. The van der Waals surface area contributed by atoms with Crippen LogP contribution in [0.25, 0.3) is 0 Å². The van der Waals surface area contributed by atoms with Gasteiger partial charge in [-0.1, -0.05) is 19.8 Å². The minimum absolute atomic E-state index is 0.595. The molecule has 0 aromatic rings. The van der Waals surface area contributed by atoms with Crippen LogP contribution in [0.3, 0.4) is 0 Å². The smallest absolute Gasteiger partial charge is 0.00822 e. The Morgan fingerprint density at radius 2 is 2.06 bits per heavy atom. The molecule has 2 nitrogen and oxygen atoms in total. The van der Waals surface area contributed by atoms with Gasteiger partial charge in [-0.3, -0.25) is 0 Å². The van der Waals surface area contributed by atoms with Crippen molar-refractivity contribution >= 4 is 0 Å². The second kappa shape index (κ2) is 5.50. The topological polar surface area (TPSA) is 24.1 Å². The Balaban J connectivity index is 1.64. The molecule has 2 aliphatic rings. The molecule has 1 aliphatic carbocycles. The summed E-state index contributed by atoms with van der Waals surface area (Å²) in [6.07, 6.45) is 9.78. The van der Waals surface area contributed by atoms with Crippen LogP contribution in [0.15, 0.2) is 0 Å². The minimum Gasteiger partial charge on any atom is -0.314 e. The second-order valence-electron chi connectivity index (χ2n) is 6.33. The number of nitrogens with one attached hydrogen (secondary N) is 2. The van der Waals surface area contributed by atoms with E-state index >= 15 is 0 Å². The highest BCUT2D eigenvalue weighted by Gasteiger charge is 2.28. The van der Waals surface area contributed by atoms with E-state index in [2.05, 4.69) is 24.5 Å². The molecule has 0 spiro atoms. The van der Waals surface area contributed by atoms with Gasteiger partial charge in [0.1, 0.15) is 0 Å². The molecule has 0 aromatic carbocycles. The molecule has 2 heteroatoms. The third-order valence-corrected chi connectivity index (χ3v) is 4.49. The highest BCUT2D eigenvalue weighted by atomic mass is 15.0. The first-order chi connectivity index (χ1) is 7.68. The van der Waals surface area contributed by atoms with Crippen molar-refractivity contribution in [2.75, 3.05) is 13.1 Å². The van der Waals surface area contributed by atoms with Gasteiger partial charge in [0.25, 0.3) is 0 Å². The summed E-state index contributed by atoms with van der Waals surface area (Å²) >= 11 is 0. The zero-order valence-corrected chi connectivity index (χ0v) is 11.0. The van der Waals surface area contributed by atoms with Crippen molar-refractivity contribution in [3.05, 3.63) is 0 Å². The van der Waals surface area contributed by atoms with Crippen LogP contribution in [-0.4, -0.2) is 25.2 Å². The molecule has 2 atom stereocenters. The standard InChI is InChI=1S/C14H28N2/c1-12(10-13-6-5-9-15-13)16-11-14(2)7-3-4-8-14/h12-13,15-16H,3-11H2,1-2H3. The van der Waals surface area contributed by atoms with Gasteiger partial charge in [0, 0.05) is 18.6 Å². The summed E-state index contributed by atoms with van der Waals surface area (Å²) in [6, 6.07) is 1.45. The van der Waals surface area contributed by atoms with E-state index in [0.717, 1.165) is 6.04 Å². The van der Waals surface area contributed by atoms with Gasteiger partial charge < -0.3 is 10.6 Å². The molecule has 2 N–H and O–H groups in total. The Kier molecular flexibility index (Phi) is 4.26. The largest absolute Gasteiger partial charge is 0.314 e. The second-order valence-corrected chi connectivity index (χ2v) is 6.33. The summed E-state index contributed by atoms with van der Waals surface area (Å²) in [5.74, 6) is 0. The van der Waals surface area contributed by atoms with E-state index in [0.29, 0.717) is 11.5 Å². The van der Waals surface area contributed by atoms with Gasteiger partial charge in [0.2, 0.25) is 0 Å². The number of hydrogen-bond donors (Lipinski definition) is 2. The molecule has 2 unspecified atom stereocenters. The highest BCUT2D eigenvalue weighted by Crippen LogP contribution is 2.36. The average molecular weight is 224 g/mol. The van der Waals surface area contributed by atoms with Crippen LogP contribution < -0.4 is 10.6 Å². The van der Waals surface area contributed by atoms with Gasteiger partial charge in [0.05, 0.1) is 0 Å². The molecule has 0 amide bonds. The Bertz CT molecular complexity index is 203. The average Bonchev–Trinajstić information content (AvgIpc) is 2.88. The van der Waals surface area contributed by atoms with Crippen LogP contribution in [0.5, 0.6) is 0 Å². The van der Waals surface area contributed by atoms with Crippen molar-refractivity contribution in [2.24, 2.45) is 5.41 Å². The Hall–Kier alpha value is -0.0800. The van der Waals surface area contributed by atoms with E-state index in [-0.39, 0.29) is 0 Å². The van der Waals surface area contributed by atoms with E-state index in [4.69, 9.17) is 0 Å². The van der Waals surface area contributed by atoms with Gasteiger partial charge in [-0.15, -0.1) is 0 Å². The molecule has 1 saturated carbocycles. The summed E-state index contributed by atoms with van der Waals surface area (Å²) in [4.78, 5) is 0. The van der Waals surface area contributed by atoms with Crippen LogP contribution in [0.2, 0.25) is 0 Å². The zero-order chi connectivity index (χ0) is 11.4. The number of rotatable bonds is 5. The van der Waals surface area contributed by atoms with Crippen LogP contribution in [0.1, 0.15) is 58.8 Å². The van der Waals surface area contributed by atoms with Crippen molar-refractivity contribution in [1.82, 2.24) is 10.6 Å². The summed E-state index contributed by atoms with van der Waals surface area (Å²) in [7, 11) is 0. The predicted octanol–water partition coefficient (Wildman–Crippen LogP) is 2.69. The summed E-state index contributed by atoms with van der Waals surface area (Å²) in [5, 5.41) is 7.34. The van der Waals surface area contributed by atoms with Crippen LogP contribution >= 0.6 is 0 Å². The lowest BCUT2D eigenvalue weighted by Crippen LogP contribution is -2.39. The van der Waals surface area contributed by atoms with E-state index in [1.165, 1.54) is 58.0 Å². The fraction of sp³-hybridized carbons (Fsp3) is 1.00. The Labute approximate surface area is 101 Å². The van der Waals surface area contributed by atoms with Gasteiger partial charge >= 0.3 is 0 Å². The van der Waals surface area contributed by atoms with Crippen molar-refractivity contribution in [1.29, 1.82) is 0 Å². The molecule has 1 aliphatic heterocycles. The maximum Gasteiger partial charge on any atom is 0.00822 e. The molecular formula is C14H28N2. The lowest BCUT2D eigenvalue weighted by Gasteiger charge is -2.27. The molecule has 0 radical (unpaired) electrons. The molecule has 94 valence electrons. The predicted molar refractivity (Wildman–Crippen MR) is 69.7 cm³/mol. The van der Waals surface area contributed by atoms with Crippen LogP contribution in [-0.2, 0) is 0 Å². The van der Waals surface area contributed by atoms with E-state index < -0.39 is 0 Å². The number of hydrogen-bond acceptors (Lipinski definition) is 2. The molecule has 16 heavy (non-hydrogen) atoms. The molecule has 2 fully saturated rings. The third-order valence-electron chi connectivity index (χ3n) is 4.49. The van der Waals surface area contributed by atoms with E-state index in [1.807, 2.05) is 0 Å². The molecule has 0 bridgehead atoms. The van der Waals surface area contributed by atoms with Gasteiger partial charge in [-0.25, -0.2) is 0 Å². The Morgan fingerprint density at radius 3 is 2.69 bits per heavy atom. The Morgan fingerprint density at radius 1 is 1.31 bits per heavy atom. The summed E-state index contributed by atoms with van der Waals surface area (Å²) in [5.41, 5.74) is 0.595. The van der Waals surface area contributed by atoms with E-state index in [1.54, 1.807) is 0 Å². The van der Waals surface area contributed by atoms with Crippen LogP contribution in [0, 0.1) is 5.41 Å². The highest BCUT2D eigenvalue weighted by molar-refractivity contribution is 4.85. The molecular weight excluding hydrogens is 196 g/mol. The lowest BCUT2D eigenvalue weighted by atomic mass is 9.88. The third kappa shape index (κ3) is 3.46. The maximum atomic E-state index is 3.75. The monoisotopic (exact) mass is 224 g/mol. The molecule has 1 saturated heterocycles. The zero-order valence-electron chi connectivity index (χ0n) is 11.0. The quantitative estimate of drug-likeness (QED) is 0.750. The van der Waals surface area contributed by atoms with Gasteiger partial charge in [0.15, 0.2) is 0 Å². The van der Waals surface area contributed by atoms with E-state index in [9.17, 15) is 0 Å². The van der Waals surface area contributed by atoms with Crippen molar-refractivity contribution in [2.45, 2.75) is 70.9 Å². The van der Waals surface area contributed by atoms with Crippen LogP contribution in [0.4, 0.5) is 0 Å². The summed E-state index contributed by atoms with van der Waals surface area (Å²) in [6.45, 7) is 7.25. The summed E-state index contributed by atoms with van der Waals surface area (Å²) < 4.78 is 0. The van der Waals surface area contributed by atoms with Crippen molar-refractivity contribution in [3.63, 3.8) is 0 Å².